The summed E-state index contributed by atoms with van der Waals surface area (Å²) in [6.45, 7) is 2.70. The molecule has 1 unspecified atom stereocenters. The lowest BCUT2D eigenvalue weighted by Crippen LogP contribution is -2.09. The molecule has 0 amide bonds. The van der Waals surface area contributed by atoms with Crippen molar-refractivity contribution in [3.63, 3.8) is 0 Å². The van der Waals surface area contributed by atoms with Crippen molar-refractivity contribution in [3.05, 3.63) is 23.9 Å². The van der Waals surface area contributed by atoms with Crippen molar-refractivity contribution in [2.75, 3.05) is 25.1 Å². The van der Waals surface area contributed by atoms with Gasteiger partial charge in [-0.25, -0.2) is 4.98 Å². The maximum atomic E-state index is 8.62. The highest BCUT2D eigenvalue weighted by atomic mass is 16.5. The van der Waals surface area contributed by atoms with E-state index in [9.17, 15) is 0 Å². The first kappa shape index (κ1) is 10.9. The lowest BCUT2D eigenvalue weighted by molar-refractivity contribution is 0.185. The van der Waals surface area contributed by atoms with E-state index >= 15 is 0 Å². The molecule has 0 bridgehead atoms. The van der Waals surface area contributed by atoms with Crippen molar-refractivity contribution in [1.29, 1.82) is 5.26 Å². The van der Waals surface area contributed by atoms with Gasteiger partial charge < -0.3 is 10.1 Å². The summed E-state index contributed by atoms with van der Waals surface area (Å²) in [5, 5.41) is 11.9. The summed E-state index contributed by atoms with van der Waals surface area (Å²) >= 11 is 0. The molecule has 0 saturated carbocycles. The normalized spacial score (nSPS) is 19.3. The Bertz CT molecular complexity index is 363. The van der Waals surface area contributed by atoms with E-state index in [0.717, 1.165) is 32.0 Å². The van der Waals surface area contributed by atoms with Crippen LogP contribution in [0.4, 0.5) is 5.82 Å². The number of hydrogen-bond donors (Lipinski definition) is 1. The van der Waals surface area contributed by atoms with Crippen LogP contribution in [0, 0.1) is 17.2 Å². The van der Waals surface area contributed by atoms with Gasteiger partial charge in [0.1, 0.15) is 11.9 Å². The fraction of sp³-hybridized carbons (Fsp3) is 0.500. The molecule has 1 aromatic rings. The molecular formula is C12H15N3O. The van der Waals surface area contributed by atoms with Gasteiger partial charge in [0.05, 0.1) is 5.56 Å². The average Bonchev–Trinajstić information content (AvgIpc) is 2.83. The van der Waals surface area contributed by atoms with E-state index in [4.69, 9.17) is 10.00 Å². The second-order valence-corrected chi connectivity index (χ2v) is 3.99. The van der Waals surface area contributed by atoms with E-state index in [2.05, 4.69) is 10.3 Å². The highest BCUT2D eigenvalue weighted by molar-refractivity contribution is 5.38. The summed E-state index contributed by atoms with van der Waals surface area (Å²) < 4.78 is 5.31. The van der Waals surface area contributed by atoms with Gasteiger partial charge in [0.2, 0.25) is 0 Å². The van der Waals surface area contributed by atoms with E-state index in [-0.39, 0.29) is 0 Å². The van der Waals surface area contributed by atoms with E-state index in [1.165, 1.54) is 6.42 Å². The zero-order chi connectivity index (χ0) is 11.2. The first-order valence-electron chi connectivity index (χ1n) is 5.56. The maximum absolute atomic E-state index is 8.62. The Hall–Kier alpha value is -1.60. The third-order valence-corrected chi connectivity index (χ3v) is 2.78. The Morgan fingerprint density at radius 1 is 1.56 bits per heavy atom. The molecule has 0 spiro atoms. The Kier molecular flexibility index (Phi) is 3.73. The lowest BCUT2D eigenvalue weighted by Gasteiger charge is -2.08. The third kappa shape index (κ3) is 2.94. The number of nitrogens with one attached hydrogen (secondary N) is 1. The van der Waals surface area contributed by atoms with Gasteiger partial charge in [0, 0.05) is 26.0 Å². The molecule has 1 fully saturated rings. The number of nitrogens with zero attached hydrogens (tertiary/aromatic N) is 2. The van der Waals surface area contributed by atoms with Gasteiger partial charge in [0.15, 0.2) is 0 Å². The number of hydrogen-bond acceptors (Lipinski definition) is 4. The molecule has 1 aliphatic heterocycles. The molecule has 1 aliphatic rings. The van der Waals surface area contributed by atoms with Crippen molar-refractivity contribution in [1.82, 2.24) is 4.98 Å². The van der Waals surface area contributed by atoms with Crippen molar-refractivity contribution in [2.24, 2.45) is 5.92 Å². The van der Waals surface area contributed by atoms with Gasteiger partial charge >= 0.3 is 0 Å². The smallest absolute Gasteiger partial charge is 0.125 e. The third-order valence-electron chi connectivity index (χ3n) is 2.78. The number of rotatable bonds is 4. The van der Waals surface area contributed by atoms with Crippen LogP contribution in [-0.2, 0) is 4.74 Å². The number of aromatic nitrogens is 1. The van der Waals surface area contributed by atoms with Crippen LogP contribution >= 0.6 is 0 Å². The average molecular weight is 217 g/mol. The molecule has 1 saturated heterocycles. The molecule has 4 heteroatoms. The number of pyridine rings is 1. The quantitative estimate of drug-likeness (QED) is 0.835. The van der Waals surface area contributed by atoms with Crippen molar-refractivity contribution in [2.45, 2.75) is 12.8 Å². The molecule has 1 aromatic heterocycles. The van der Waals surface area contributed by atoms with Gasteiger partial charge in [-0.05, 0) is 30.9 Å². The van der Waals surface area contributed by atoms with Crippen LogP contribution in [0.3, 0.4) is 0 Å². The Balaban J connectivity index is 1.74. The van der Waals surface area contributed by atoms with Crippen LogP contribution in [0.5, 0.6) is 0 Å². The standard InChI is InChI=1S/C12H15N3O/c13-7-11-1-2-12(15-8-11)14-5-3-10-4-6-16-9-10/h1-2,8,10H,3-6,9H2,(H,14,15). The molecule has 4 nitrogen and oxygen atoms in total. The maximum Gasteiger partial charge on any atom is 0.125 e. The van der Waals surface area contributed by atoms with Gasteiger partial charge in [-0.3, -0.25) is 0 Å². The minimum atomic E-state index is 0.592. The Morgan fingerprint density at radius 2 is 2.50 bits per heavy atom. The first-order valence-corrected chi connectivity index (χ1v) is 5.56. The zero-order valence-corrected chi connectivity index (χ0v) is 9.15. The lowest BCUT2D eigenvalue weighted by atomic mass is 10.1. The monoisotopic (exact) mass is 217 g/mol. The predicted molar refractivity (Wildman–Crippen MR) is 61.0 cm³/mol. The highest BCUT2D eigenvalue weighted by Gasteiger charge is 2.14. The Labute approximate surface area is 95.3 Å². The summed E-state index contributed by atoms with van der Waals surface area (Å²) in [6.07, 6.45) is 3.87. The second-order valence-electron chi connectivity index (χ2n) is 3.99. The van der Waals surface area contributed by atoms with Crippen LogP contribution in [0.2, 0.25) is 0 Å². The number of nitriles is 1. The van der Waals surface area contributed by atoms with E-state index in [1.807, 2.05) is 12.1 Å². The van der Waals surface area contributed by atoms with E-state index < -0.39 is 0 Å². The fourth-order valence-corrected chi connectivity index (χ4v) is 1.78. The van der Waals surface area contributed by atoms with Crippen molar-refractivity contribution >= 4 is 5.82 Å². The molecule has 2 heterocycles. The molecule has 16 heavy (non-hydrogen) atoms. The number of anilines is 1. The van der Waals surface area contributed by atoms with Crippen molar-refractivity contribution in [3.8, 4) is 6.07 Å². The minimum absolute atomic E-state index is 0.592. The topological polar surface area (TPSA) is 57.9 Å². The van der Waals surface area contributed by atoms with Crippen LogP contribution in [-0.4, -0.2) is 24.7 Å². The number of ether oxygens (including phenoxy) is 1. The van der Waals surface area contributed by atoms with Gasteiger partial charge in [-0.2, -0.15) is 5.26 Å². The van der Waals surface area contributed by atoms with Gasteiger partial charge in [-0.15, -0.1) is 0 Å². The van der Waals surface area contributed by atoms with Crippen LogP contribution < -0.4 is 5.32 Å². The van der Waals surface area contributed by atoms with Gasteiger partial charge in [-0.1, -0.05) is 0 Å². The Morgan fingerprint density at radius 3 is 3.12 bits per heavy atom. The summed E-state index contributed by atoms with van der Waals surface area (Å²) in [5.74, 6) is 1.52. The van der Waals surface area contributed by atoms with Crippen molar-refractivity contribution < 1.29 is 4.74 Å². The first-order chi connectivity index (χ1) is 7.88. The molecule has 2 rings (SSSR count). The zero-order valence-electron chi connectivity index (χ0n) is 9.15. The van der Waals surface area contributed by atoms with Crippen LogP contribution in [0.15, 0.2) is 18.3 Å². The van der Waals surface area contributed by atoms with Gasteiger partial charge in [0.25, 0.3) is 0 Å². The molecule has 0 aliphatic carbocycles. The molecule has 1 atom stereocenters. The highest BCUT2D eigenvalue weighted by Crippen LogP contribution is 2.16. The largest absolute Gasteiger partial charge is 0.381 e. The summed E-state index contributed by atoms with van der Waals surface area (Å²) in [6, 6.07) is 5.66. The predicted octanol–water partition coefficient (Wildman–Crippen LogP) is 1.79. The van der Waals surface area contributed by atoms with Crippen LogP contribution in [0.25, 0.3) is 0 Å². The van der Waals surface area contributed by atoms with E-state index in [1.54, 1.807) is 12.3 Å². The summed E-state index contributed by atoms with van der Waals surface area (Å²) in [7, 11) is 0. The molecule has 0 aromatic carbocycles. The fourth-order valence-electron chi connectivity index (χ4n) is 1.78. The molecular weight excluding hydrogens is 202 g/mol. The summed E-state index contributed by atoms with van der Waals surface area (Å²) in [4.78, 5) is 4.15. The van der Waals surface area contributed by atoms with Crippen LogP contribution in [0.1, 0.15) is 18.4 Å². The minimum Gasteiger partial charge on any atom is -0.381 e. The molecule has 0 radical (unpaired) electrons. The SMILES string of the molecule is N#Cc1ccc(NCCC2CCOC2)nc1. The van der Waals surface area contributed by atoms with E-state index in [0.29, 0.717) is 11.5 Å². The molecule has 1 N–H and O–H groups in total. The second kappa shape index (κ2) is 5.47. The summed E-state index contributed by atoms with van der Waals surface area (Å²) in [5.41, 5.74) is 0.592. The molecule has 84 valence electrons.